The molecule has 1 aliphatic rings. The van der Waals surface area contributed by atoms with Crippen molar-refractivity contribution in [3.8, 4) is 0 Å². The molecule has 0 spiro atoms. The molecule has 1 saturated heterocycles. The number of carbonyl (C=O) groups is 1. The summed E-state index contributed by atoms with van der Waals surface area (Å²) in [5.74, 6) is -0.640. The summed E-state index contributed by atoms with van der Waals surface area (Å²) in [4.78, 5) is 11.7. The van der Waals surface area contributed by atoms with Crippen molar-refractivity contribution in [3.05, 3.63) is 0 Å². The highest BCUT2D eigenvalue weighted by molar-refractivity contribution is 5.86. The number of nitrogens with one attached hydrogen (secondary N) is 1. The molecule has 94 valence electrons. The van der Waals surface area contributed by atoms with E-state index in [1.54, 1.807) is 0 Å². The predicted octanol–water partition coefficient (Wildman–Crippen LogP) is 2.68. The number of Topliss-reactive ketones (excluding diaryl/α,β-unsaturated/α-hetero) is 1. The zero-order chi connectivity index (χ0) is 12.2. The van der Waals surface area contributed by atoms with Gasteiger partial charge in [-0.05, 0) is 19.4 Å². The Morgan fingerprint density at radius 1 is 1.38 bits per heavy atom. The second kappa shape index (κ2) is 5.17. The van der Waals surface area contributed by atoms with Crippen LogP contribution < -0.4 is 5.32 Å². The first-order chi connectivity index (χ1) is 7.44. The van der Waals surface area contributed by atoms with Gasteiger partial charge in [0, 0.05) is 13.0 Å². The van der Waals surface area contributed by atoms with Crippen LogP contribution in [0.15, 0.2) is 0 Å². The minimum atomic E-state index is -4.42. The third-order valence-corrected chi connectivity index (χ3v) is 3.24. The molecule has 1 unspecified atom stereocenters. The van der Waals surface area contributed by atoms with Crippen LogP contribution in [0.3, 0.4) is 0 Å². The van der Waals surface area contributed by atoms with E-state index >= 15 is 0 Å². The van der Waals surface area contributed by atoms with Crippen molar-refractivity contribution in [3.63, 3.8) is 0 Å². The predicted molar refractivity (Wildman–Crippen MR) is 55.1 cm³/mol. The Morgan fingerprint density at radius 3 is 2.50 bits per heavy atom. The summed E-state index contributed by atoms with van der Waals surface area (Å²) in [7, 11) is 0. The SMILES string of the molecule is CCCCCC(=O)C1(C(F)(F)F)CCNC1. The number of carbonyl (C=O) groups excluding carboxylic acids is 1. The van der Waals surface area contributed by atoms with Gasteiger partial charge in [0.15, 0.2) is 0 Å². The number of ketones is 1. The second-order valence-corrected chi connectivity index (χ2v) is 4.39. The maximum atomic E-state index is 12.9. The van der Waals surface area contributed by atoms with Gasteiger partial charge in [-0.2, -0.15) is 13.2 Å². The molecular formula is C11H18F3NO. The average molecular weight is 237 g/mol. The van der Waals surface area contributed by atoms with Crippen molar-refractivity contribution in [2.75, 3.05) is 13.1 Å². The summed E-state index contributed by atoms with van der Waals surface area (Å²) in [5.41, 5.74) is -2.11. The molecular weight excluding hydrogens is 219 g/mol. The molecule has 0 aromatic rings. The van der Waals surface area contributed by atoms with Gasteiger partial charge >= 0.3 is 6.18 Å². The number of halogens is 3. The fraction of sp³-hybridized carbons (Fsp3) is 0.909. The normalized spacial score (nSPS) is 26.0. The number of alkyl halides is 3. The van der Waals surface area contributed by atoms with Crippen molar-refractivity contribution in [2.45, 2.75) is 45.2 Å². The van der Waals surface area contributed by atoms with Crippen LogP contribution >= 0.6 is 0 Å². The minimum absolute atomic E-state index is 0.0506. The summed E-state index contributed by atoms with van der Waals surface area (Å²) in [6.45, 7) is 1.99. The first kappa shape index (κ1) is 13.5. The number of hydrogen-bond donors (Lipinski definition) is 1. The van der Waals surface area contributed by atoms with Crippen LogP contribution in [0.1, 0.15) is 39.0 Å². The Hall–Kier alpha value is -0.580. The fourth-order valence-electron chi connectivity index (χ4n) is 2.10. The van der Waals surface area contributed by atoms with Crippen LogP contribution in [0.25, 0.3) is 0 Å². The Morgan fingerprint density at radius 2 is 2.06 bits per heavy atom. The molecule has 0 bridgehead atoms. The fourth-order valence-corrected chi connectivity index (χ4v) is 2.10. The summed E-state index contributed by atoms with van der Waals surface area (Å²) < 4.78 is 38.7. The first-order valence-corrected chi connectivity index (χ1v) is 5.75. The first-order valence-electron chi connectivity index (χ1n) is 5.75. The van der Waals surface area contributed by atoms with E-state index < -0.39 is 17.4 Å². The highest BCUT2D eigenvalue weighted by Gasteiger charge is 2.60. The van der Waals surface area contributed by atoms with Crippen LogP contribution in [0.2, 0.25) is 0 Å². The van der Waals surface area contributed by atoms with E-state index in [4.69, 9.17) is 0 Å². The lowest BCUT2D eigenvalue weighted by molar-refractivity contribution is -0.214. The Bertz CT molecular complexity index is 244. The van der Waals surface area contributed by atoms with E-state index in [1.165, 1.54) is 0 Å². The number of rotatable bonds is 5. The quantitative estimate of drug-likeness (QED) is 0.745. The lowest BCUT2D eigenvalue weighted by Gasteiger charge is -2.29. The van der Waals surface area contributed by atoms with E-state index in [0.717, 1.165) is 12.8 Å². The third-order valence-electron chi connectivity index (χ3n) is 3.24. The molecule has 1 aliphatic heterocycles. The molecule has 2 nitrogen and oxygen atoms in total. The zero-order valence-corrected chi connectivity index (χ0v) is 9.49. The summed E-state index contributed by atoms with van der Waals surface area (Å²) in [6, 6.07) is 0. The molecule has 1 heterocycles. The van der Waals surface area contributed by atoms with Crippen LogP contribution in [-0.4, -0.2) is 25.0 Å². The summed E-state index contributed by atoms with van der Waals surface area (Å²) in [6.07, 6.45) is -2.19. The van der Waals surface area contributed by atoms with Crippen LogP contribution in [0.4, 0.5) is 13.2 Å². The molecule has 0 aromatic heterocycles. The molecule has 0 radical (unpaired) electrons. The molecule has 0 amide bonds. The third kappa shape index (κ3) is 2.56. The van der Waals surface area contributed by atoms with Crippen LogP contribution in [0.5, 0.6) is 0 Å². The molecule has 1 atom stereocenters. The van der Waals surface area contributed by atoms with Gasteiger partial charge in [-0.1, -0.05) is 19.8 Å². The summed E-state index contributed by atoms with van der Waals surface area (Å²) >= 11 is 0. The number of hydrogen-bond acceptors (Lipinski definition) is 2. The van der Waals surface area contributed by atoms with Crippen molar-refractivity contribution in [1.82, 2.24) is 5.32 Å². The van der Waals surface area contributed by atoms with Crippen molar-refractivity contribution in [2.24, 2.45) is 5.41 Å². The smallest absolute Gasteiger partial charge is 0.315 e. The van der Waals surface area contributed by atoms with Crippen molar-refractivity contribution >= 4 is 5.78 Å². The van der Waals surface area contributed by atoms with Gasteiger partial charge in [0.2, 0.25) is 0 Å². The molecule has 1 fully saturated rings. The lowest BCUT2D eigenvalue weighted by Crippen LogP contribution is -2.46. The van der Waals surface area contributed by atoms with Crippen molar-refractivity contribution < 1.29 is 18.0 Å². The van der Waals surface area contributed by atoms with E-state index in [-0.39, 0.29) is 25.9 Å². The van der Waals surface area contributed by atoms with Gasteiger partial charge in [0.1, 0.15) is 11.2 Å². The average Bonchev–Trinajstić information content (AvgIpc) is 2.66. The maximum Gasteiger partial charge on any atom is 0.402 e. The Kier molecular flexibility index (Phi) is 4.35. The highest BCUT2D eigenvalue weighted by Crippen LogP contribution is 2.44. The molecule has 0 aromatic carbocycles. The molecule has 1 rings (SSSR count). The van der Waals surface area contributed by atoms with Gasteiger partial charge in [-0.25, -0.2) is 0 Å². The Balaban J connectivity index is 2.67. The monoisotopic (exact) mass is 237 g/mol. The van der Waals surface area contributed by atoms with Crippen LogP contribution in [-0.2, 0) is 4.79 Å². The maximum absolute atomic E-state index is 12.9. The van der Waals surface area contributed by atoms with Gasteiger partial charge in [-0.15, -0.1) is 0 Å². The molecule has 5 heteroatoms. The topological polar surface area (TPSA) is 29.1 Å². The highest BCUT2D eigenvalue weighted by atomic mass is 19.4. The largest absolute Gasteiger partial charge is 0.402 e. The molecule has 0 aliphatic carbocycles. The van der Waals surface area contributed by atoms with Crippen molar-refractivity contribution in [1.29, 1.82) is 0 Å². The molecule has 16 heavy (non-hydrogen) atoms. The van der Waals surface area contributed by atoms with Gasteiger partial charge in [-0.3, -0.25) is 4.79 Å². The Labute approximate surface area is 93.6 Å². The van der Waals surface area contributed by atoms with E-state index in [1.807, 2.05) is 6.92 Å². The van der Waals surface area contributed by atoms with E-state index in [9.17, 15) is 18.0 Å². The minimum Gasteiger partial charge on any atom is -0.315 e. The zero-order valence-electron chi connectivity index (χ0n) is 9.49. The molecule has 1 N–H and O–H groups in total. The van der Waals surface area contributed by atoms with E-state index in [2.05, 4.69) is 5.32 Å². The van der Waals surface area contributed by atoms with Gasteiger partial charge in [0.25, 0.3) is 0 Å². The molecule has 0 saturated carbocycles. The van der Waals surface area contributed by atoms with E-state index in [0.29, 0.717) is 6.42 Å². The van der Waals surface area contributed by atoms with Gasteiger partial charge < -0.3 is 5.32 Å². The second-order valence-electron chi connectivity index (χ2n) is 4.39. The lowest BCUT2D eigenvalue weighted by atomic mass is 9.79. The van der Waals surface area contributed by atoms with Crippen LogP contribution in [0, 0.1) is 5.41 Å². The van der Waals surface area contributed by atoms with Gasteiger partial charge in [0.05, 0.1) is 0 Å². The number of unbranched alkanes of at least 4 members (excludes halogenated alkanes) is 2. The standard InChI is InChI=1S/C11H18F3NO/c1-2-3-4-5-9(16)10(11(12,13)14)6-7-15-8-10/h15H,2-8H2,1H3. The summed E-state index contributed by atoms with van der Waals surface area (Å²) in [5, 5.41) is 2.65.